The minimum atomic E-state index is 0.824. The first-order valence-corrected chi connectivity index (χ1v) is 3.14. The fourth-order valence-corrected chi connectivity index (χ4v) is 0.569. The SMILES string of the molecule is CC[CH][C@H](C)CC. The van der Waals surface area contributed by atoms with Crippen LogP contribution in [-0.4, -0.2) is 0 Å². The molecule has 0 spiro atoms. The fraction of sp³-hybridized carbons (Fsp3) is 0.857. The summed E-state index contributed by atoms with van der Waals surface area (Å²) >= 11 is 0. The summed E-state index contributed by atoms with van der Waals surface area (Å²) < 4.78 is 0. The molecular formula is C7H15. The summed E-state index contributed by atoms with van der Waals surface area (Å²) in [5.41, 5.74) is 0. The Morgan fingerprint density at radius 1 is 1.43 bits per heavy atom. The summed E-state index contributed by atoms with van der Waals surface area (Å²) in [7, 11) is 0. The molecule has 0 unspecified atom stereocenters. The molecule has 0 fully saturated rings. The van der Waals surface area contributed by atoms with Gasteiger partial charge in [-0.15, -0.1) is 0 Å². The normalized spacial score (nSPS) is 14.1. The highest BCUT2D eigenvalue weighted by molar-refractivity contribution is 4.67. The van der Waals surface area contributed by atoms with E-state index in [0.717, 1.165) is 5.92 Å². The van der Waals surface area contributed by atoms with Crippen LogP contribution in [0.15, 0.2) is 0 Å². The van der Waals surface area contributed by atoms with E-state index in [0.29, 0.717) is 0 Å². The van der Waals surface area contributed by atoms with E-state index in [2.05, 4.69) is 27.2 Å². The summed E-state index contributed by atoms with van der Waals surface area (Å²) in [4.78, 5) is 0. The van der Waals surface area contributed by atoms with Crippen LogP contribution in [0.3, 0.4) is 0 Å². The van der Waals surface area contributed by atoms with Gasteiger partial charge in [-0.05, 0) is 12.3 Å². The van der Waals surface area contributed by atoms with Crippen molar-refractivity contribution in [1.82, 2.24) is 0 Å². The third-order valence-corrected chi connectivity index (χ3v) is 1.28. The highest BCUT2D eigenvalue weighted by Crippen LogP contribution is 2.05. The Kier molecular flexibility index (Phi) is 4.17. The van der Waals surface area contributed by atoms with Gasteiger partial charge in [0.25, 0.3) is 0 Å². The summed E-state index contributed by atoms with van der Waals surface area (Å²) in [6.45, 7) is 6.66. The highest BCUT2D eigenvalue weighted by Gasteiger charge is 1.93. The van der Waals surface area contributed by atoms with Crippen LogP contribution in [0.4, 0.5) is 0 Å². The number of hydrogen-bond donors (Lipinski definition) is 0. The molecule has 0 heteroatoms. The zero-order chi connectivity index (χ0) is 5.70. The zero-order valence-corrected chi connectivity index (χ0v) is 5.57. The quantitative estimate of drug-likeness (QED) is 0.510. The van der Waals surface area contributed by atoms with E-state index in [-0.39, 0.29) is 0 Å². The van der Waals surface area contributed by atoms with Crippen molar-refractivity contribution in [3.63, 3.8) is 0 Å². The Hall–Kier alpha value is 0. The number of rotatable bonds is 3. The summed E-state index contributed by atoms with van der Waals surface area (Å²) in [5, 5.41) is 0. The molecule has 0 nitrogen and oxygen atoms in total. The second kappa shape index (κ2) is 4.17. The van der Waals surface area contributed by atoms with Gasteiger partial charge in [-0.1, -0.05) is 33.6 Å². The lowest BCUT2D eigenvalue weighted by molar-refractivity contribution is 0.626. The fourth-order valence-electron chi connectivity index (χ4n) is 0.569. The van der Waals surface area contributed by atoms with Gasteiger partial charge in [-0.3, -0.25) is 0 Å². The lowest BCUT2D eigenvalue weighted by atomic mass is 10.0. The second-order valence-electron chi connectivity index (χ2n) is 2.03. The van der Waals surface area contributed by atoms with Gasteiger partial charge < -0.3 is 0 Å². The van der Waals surface area contributed by atoms with E-state index < -0.39 is 0 Å². The predicted octanol–water partition coefficient (Wildman–Crippen LogP) is 2.65. The van der Waals surface area contributed by atoms with Crippen LogP contribution in [0, 0.1) is 12.3 Å². The van der Waals surface area contributed by atoms with Gasteiger partial charge >= 0.3 is 0 Å². The first-order valence-electron chi connectivity index (χ1n) is 3.14. The molecule has 1 radical (unpaired) electrons. The van der Waals surface area contributed by atoms with Crippen LogP contribution in [-0.2, 0) is 0 Å². The summed E-state index contributed by atoms with van der Waals surface area (Å²) in [6.07, 6.45) is 4.85. The molecule has 0 rings (SSSR count). The maximum atomic E-state index is 2.35. The third kappa shape index (κ3) is 3.84. The lowest BCUT2D eigenvalue weighted by Gasteiger charge is -2.02. The van der Waals surface area contributed by atoms with Crippen LogP contribution in [0.2, 0.25) is 0 Å². The average Bonchev–Trinajstić information content (AvgIpc) is 1.68. The molecule has 0 N–H and O–H groups in total. The minimum Gasteiger partial charge on any atom is -0.0651 e. The molecular weight excluding hydrogens is 84.1 g/mol. The van der Waals surface area contributed by atoms with Crippen molar-refractivity contribution < 1.29 is 0 Å². The van der Waals surface area contributed by atoms with E-state index in [1.54, 1.807) is 0 Å². The van der Waals surface area contributed by atoms with Gasteiger partial charge in [0.1, 0.15) is 0 Å². The first-order chi connectivity index (χ1) is 3.31. The van der Waals surface area contributed by atoms with Crippen LogP contribution < -0.4 is 0 Å². The second-order valence-corrected chi connectivity index (χ2v) is 2.03. The van der Waals surface area contributed by atoms with Crippen molar-refractivity contribution in [2.24, 2.45) is 5.92 Å². The van der Waals surface area contributed by atoms with E-state index in [1.807, 2.05) is 0 Å². The van der Waals surface area contributed by atoms with Crippen LogP contribution >= 0.6 is 0 Å². The van der Waals surface area contributed by atoms with Crippen molar-refractivity contribution >= 4 is 0 Å². The Balaban J connectivity index is 2.83. The van der Waals surface area contributed by atoms with Crippen molar-refractivity contribution in [1.29, 1.82) is 0 Å². The van der Waals surface area contributed by atoms with E-state index in [9.17, 15) is 0 Å². The maximum Gasteiger partial charge on any atom is -0.0360 e. The first kappa shape index (κ1) is 7.00. The van der Waals surface area contributed by atoms with E-state index in [1.165, 1.54) is 12.8 Å². The molecule has 0 aromatic heterocycles. The maximum absolute atomic E-state index is 2.35. The molecule has 0 saturated heterocycles. The minimum absolute atomic E-state index is 0.824. The smallest absolute Gasteiger partial charge is 0.0360 e. The zero-order valence-electron chi connectivity index (χ0n) is 5.57. The van der Waals surface area contributed by atoms with Crippen LogP contribution in [0.1, 0.15) is 33.6 Å². The largest absolute Gasteiger partial charge is 0.0651 e. The van der Waals surface area contributed by atoms with Crippen molar-refractivity contribution in [2.75, 3.05) is 0 Å². The Labute approximate surface area is 46.9 Å². The Morgan fingerprint density at radius 2 is 2.00 bits per heavy atom. The van der Waals surface area contributed by atoms with Crippen molar-refractivity contribution in [3.8, 4) is 0 Å². The molecule has 0 aromatic rings. The van der Waals surface area contributed by atoms with Gasteiger partial charge in [0, 0.05) is 0 Å². The Morgan fingerprint density at radius 3 is 2.14 bits per heavy atom. The highest BCUT2D eigenvalue weighted by atomic mass is 14.0. The molecule has 0 aromatic carbocycles. The van der Waals surface area contributed by atoms with Crippen molar-refractivity contribution in [2.45, 2.75) is 33.6 Å². The molecule has 0 aliphatic rings. The summed E-state index contributed by atoms with van der Waals surface area (Å²) in [5.74, 6) is 0.824. The van der Waals surface area contributed by atoms with Gasteiger partial charge in [0.15, 0.2) is 0 Å². The van der Waals surface area contributed by atoms with Crippen LogP contribution in [0.25, 0.3) is 0 Å². The molecule has 0 heterocycles. The van der Waals surface area contributed by atoms with Gasteiger partial charge in [-0.2, -0.15) is 0 Å². The lowest BCUT2D eigenvalue weighted by Crippen LogP contribution is -1.89. The van der Waals surface area contributed by atoms with Crippen LogP contribution in [0.5, 0.6) is 0 Å². The van der Waals surface area contributed by atoms with Crippen molar-refractivity contribution in [3.05, 3.63) is 6.42 Å². The molecule has 0 aliphatic heterocycles. The van der Waals surface area contributed by atoms with Gasteiger partial charge in [0.2, 0.25) is 0 Å². The van der Waals surface area contributed by atoms with Gasteiger partial charge in [-0.25, -0.2) is 0 Å². The van der Waals surface area contributed by atoms with E-state index >= 15 is 0 Å². The molecule has 43 valence electrons. The monoisotopic (exact) mass is 99.1 g/mol. The van der Waals surface area contributed by atoms with Gasteiger partial charge in [0.05, 0.1) is 0 Å². The predicted molar refractivity (Wildman–Crippen MR) is 34.0 cm³/mol. The standard InChI is InChI=1S/C7H15/c1-4-6-7(3)5-2/h6-7H,4-5H2,1-3H3/t7-/m1/s1. The molecule has 0 amide bonds. The third-order valence-electron chi connectivity index (χ3n) is 1.28. The topological polar surface area (TPSA) is 0 Å². The molecule has 0 bridgehead atoms. The Bertz CT molecular complexity index is 31.0. The van der Waals surface area contributed by atoms with E-state index in [4.69, 9.17) is 0 Å². The molecule has 1 atom stereocenters. The molecule has 0 aliphatic carbocycles. The molecule has 0 saturated carbocycles. The molecule has 7 heavy (non-hydrogen) atoms. The summed E-state index contributed by atoms with van der Waals surface area (Å²) in [6, 6.07) is 0. The number of hydrogen-bond acceptors (Lipinski definition) is 0. The average molecular weight is 99.2 g/mol.